The normalized spacial score (nSPS) is 14.4. The van der Waals surface area contributed by atoms with Crippen molar-refractivity contribution in [3.63, 3.8) is 0 Å². The second kappa shape index (κ2) is 10.3. The molecule has 0 radical (unpaired) electrons. The summed E-state index contributed by atoms with van der Waals surface area (Å²) in [5.41, 5.74) is 2.90. The highest BCUT2D eigenvalue weighted by atomic mass is 16.5. The number of aromatic nitrogens is 2. The molecule has 0 amide bonds. The number of aliphatic hydroxyl groups excluding tert-OH is 1. The average molecular weight is 452 g/mol. The molecule has 1 aliphatic rings. The van der Waals surface area contributed by atoms with Crippen LogP contribution in [0.1, 0.15) is 37.9 Å². The highest BCUT2D eigenvalue weighted by Gasteiger charge is 2.32. The van der Waals surface area contributed by atoms with Crippen molar-refractivity contribution in [3.8, 4) is 28.8 Å². The van der Waals surface area contributed by atoms with Gasteiger partial charge < -0.3 is 19.3 Å². The maximum absolute atomic E-state index is 10.1. The number of aryl methyl sites for hydroxylation is 1. The molecule has 0 unspecified atom stereocenters. The molecule has 1 aliphatic carbocycles. The van der Waals surface area contributed by atoms with Crippen LogP contribution in [0.4, 0.5) is 0 Å². The number of aliphatic hydroxyl groups is 1. The molecule has 176 valence electrons. The molecule has 1 atom stereocenters. The number of benzene rings is 2. The molecule has 7 nitrogen and oxygen atoms in total. The summed E-state index contributed by atoms with van der Waals surface area (Å²) >= 11 is 0. The summed E-state index contributed by atoms with van der Waals surface area (Å²) in [4.78, 5) is 2.34. The Labute approximate surface area is 195 Å². The first-order valence-electron chi connectivity index (χ1n) is 11.5. The first-order valence-corrected chi connectivity index (χ1v) is 11.5. The summed E-state index contributed by atoms with van der Waals surface area (Å²) < 4.78 is 19.2. The van der Waals surface area contributed by atoms with Crippen LogP contribution in [0.5, 0.6) is 23.1 Å². The fraction of sp³-hybridized carbons (Fsp3) is 0.423. The van der Waals surface area contributed by atoms with Gasteiger partial charge in [-0.1, -0.05) is 19.1 Å². The van der Waals surface area contributed by atoms with Crippen molar-refractivity contribution in [3.05, 3.63) is 59.8 Å². The number of ether oxygens (including phenoxy) is 3. The van der Waals surface area contributed by atoms with Crippen LogP contribution in [0, 0.1) is 0 Å². The van der Waals surface area contributed by atoms with Gasteiger partial charge in [-0.2, -0.15) is 5.10 Å². The molecule has 1 fully saturated rings. The fourth-order valence-electron chi connectivity index (χ4n) is 4.06. The molecule has 2 aromatic carbocycles. The van der Waals surface area contributed by atoms with Crippen molar-refractivity contribution >= 4 is 0 Å². The molecule has 7 heteroatoms. The van der Waals surface area contributed by atoms with E-state index in [0.29, 0.717) is 36.5 Å². The average Bonchev–Trinajstić information content (AvgIpc) is 3.63. The second-order valence-electron chi connectivity index (χ2n) is 8.46. The van der Waals surface area contributed by atoms with Crippen LogP contribution in [0.25, 0.3) is 5.69 Å². The molecule has 3 aromatic rings. The summed E-state index contributed by atoms with van der Waals surface area (Å²) in [6, 6.07) is 15.9. The summed E-state index contributed by atoms with van der Waals surface area (Å²) in [6.07, 6.45) is 2.69. The van der Waals surface area contributed by atoms with Gasteiger partial charge in [0.2, 0.25) is 5.88 Å². The van der Waals surface area contributed by atoms with E-state index in [9.17, 15) is 5.11 Å². The summed E-state index contributed by atoms with van der Waals surface area (Å²) in [6.45, 7) is 5.23. The van der Waals surface area contributed by atoms with Crippen molar-refractivity contribution < 1.29 is 19.3 Å². The molecule has 1 N–H and O–H groups in total. The minimum atomic E-state index is -0.397. The summed E-state index contributed by atoms with van der Waals surface area (Å²) in [7, 11) is 3.29. The van der Waals surface area contributed by atoms with E-state index < -0.39 is 6.10 Å². The van der Waals surface area contributed by atoms with Crippen LogP contribution in [0.15, 0.2) is 48.5 Å². The number of para-hydroxylation sites is 2. The molecule has 1 aromatic heterocycles. The van der Waals surface area contributed by atoms with Gasteiger partial charge in [-0.15, -0.1) is 0 Å². The zero-order valence-corrected chi connectivity index (χ0v) is 19.8. The van der Waals surface area contributed by atoms with Crippen molar-refractivity contribution in [1.82, 2.24) is 14.7 Å². The molecule has 0 saturated heterocycles. The van der Waals surface area contributed by atoms with E-state index in [1.807, 2.05) is 60.1 Å². The maximum Gasteiger partial charge on any atom is 0.227 e. The lowest BCUT2D eigenvalue weighted by Crippen LogP contribution is -2.32. The number of rotatable bonds is 11. The molecular weight excluding hydrogens is 418 g/mol. The lowest BCUT2D eigenvalue weighted by atomic mass is 10.1. The van der Waals surface area contributed by atoms with Gasteiger partial charge in [0.15, 0.2) is 11.5 Å². The van der Waals surface area contributed by atoms with Crippen molar-refractivity contribution in [2.24, 2.45) is 0 Å². The van der Waals surface area contributed by atoms with E-state index in [1.165, 1.54) is 0 Å². The van der Waals surface area contributed by atoms with Gasteiger partial charge >= 0.3 is 0 Å². The van der Waals surface area contributed by atoms with Crippen LogP contribution >= 0.6 is 0 Å². The van der Waals surface area contributed by atoms with Gasteiger partial charge in [0.25, 0.3) is 0 Å². The Morgan fingerprint density at radius 3 is 2.33 bits per heavy atom. The first kappa shape index (κ1) is 23.1. The molecule has 0 aliphatic heterocycles. The van der Waals surface area contributed by atoms with E-state index >= 15 is 0 Å². The Morgan fingerprint density at radius 1 is 1.06 bits per heavy atom. The minimum Gasteiger partial charge on any atom is -0.497 e. The fourth-order valence-corrected chi connectivity index (χ4v) is 4.06. The monoisotopic (exact) mass is 451 g/mol. The van der Waals surface area contributed by atoms with E-state index in [4.69, 9.17) is 19.3 Å². The van der Waals surface area contributed by atoms with Gasteiger partial charge in [-0.25, -0.2) is 4.68 Å². The van der Waals surface area contributed by atoms with Crippen LogP contribution < -0.4 is 14.2 Å². The smallest absolute Gasteiger partial charge is 0.227 e. The Bertz CT molecular complexity index is 1060. The van der Waals surface area contributed by atoms with Crippen molar-refractivity contribution in [2.75, 3.05) is 20.8 Å². The lowest BCUT2D eigenvalue weighted by molar-refractivity contribution is 0.117. The van der Waals surface area contributed by atoms with Gasteiger partial charge in [-0.3, -0.25) is 4.90 Å². The summed E-state index contributed by atoms with van der Waals surface area (Å²) in [5.74, 6) is 2.74. The number of nitrogens with zero attached hydrogens (tertiary/aromatic N) is 3. The molecule has 1 heterocycles. The van der Waals surface area contributed by atoms with E-state index in [1.54, 1.807) is 14.2 Å². The third-order valence-electron chi connectivity index (χ3n) is 5.87. The Morgan fingerprint density at radius 2 is 1.76 bits per heavy atom. The van der Waals surface area contributed by atoms with Crippen molar-refractivity contribution in [1.29, 1.82) is 0 Å². The highest BCUT2D eigenvalue weighted by Crippen LogP contribution is 2.38. The van der Waals surface area contributed by atoms with Crippen LogP contribution in [0.3, 0.4) is 0 Å². The molecule has 33 heavy (non-hydrogen) atoms. The standard InChI is InChI=1S/C26H33N3O4/c1-5-23-22(17-28(16-18(2)30)19-10-11-19)26(33-25-9-7-6-8-24(25)32-4)29(27-23)20-12-14-21(31-3)15-13-20/h6-9,12-15,18-19,30H,5,10-11,16-17H2,1-4H3/t18-/m0/s1. The minimum absolute atomic E-state index is 0.397. The van der Waals surface area contributed by atoms with Crippen LogP contribution in [0.2, 0.25) is 0 Å². The summed E-state index contributed by atoms with van der Waals surface area (Å²) in [5, 5.41) is 15.0. The zero-order valence-electron chi connectivity index (χ0n) is 19.8. The van der Waals surface area contributed by atoms with E-state index in [0.717, 1.165) is 42.0 Å². The Kier molecular flexibility index (Phi) is 7.20. The third kappa shape index (κ3) is 5.31. The third-order valence-corrected chi connectivity index (χ3v) is 5.87. The largest absolute Gasteiger partial charge is 0.497 e. The molecule has 0 bridgehead atoms. The van der Waals surface area contributed by atoms with Crippen LogP contribution in [-0.4, -0.2) is 52.7 Å². The quantitative estimate of drug-likeness (QED) is 0.460. The highest BCUT2D eigenvalue weighted by molar-refractivity contribution is 5.48. The molecule has 1 saturated carbocycles. The topological polar surface area (TPSA) is 69.0 Å². The molecular formula is C26H33N3O4. The maximum atomic E-state index is 10.1. The van der Waals surface area contributed by atoms with Gasteiger partial charge in [-0.05, 0) is 62.6 Å². The number of hydrogen-bond acceptors (Lipinski definition) is 6. The first-order chi connectivity index (χ1) is 16.0. The van der Waals surface area contributed by atoms with Crippen molar-refractivity contribution in [2.45, 2.75) is 51.8 Å². The number of methoxy groups -OCH3 is 2. The molecule has 4 rings (SSSR count). The predicted octanol–water partition coefficient (Wildman–Crippen LogP) is 4.59. The number of hydrogen-bond donors (Lipinski definition) is 1. The lowest BCUT2D eigenvalue weighted by Gasteiger charge is -2.24. The Balaban J connectivity index is 1.80. The second-order valence-corrected chi connectivity index (χ2v) is 8.46. The Hall–Kier alpha value is -3.03. The predicted molar refractivity (Wildman–Crippen MR) is 128 cm³/mol. The SMILES string of the molecule is CCc1nn(-c2ccc(OC)cc2)c(Oc2ccccc2OC)c1CN(C[C@H](C)O)C1CC1. The van der Waals surface area contributed by atoms with Gasteiger partial charge in [0, 0.05) is 19.1 Å². The molecule has 0 spiro atoms. The van der Waals surface area contributed by atoms with Gasteiger partial charge in [0.1, 0.15) is 5.75 Å². The van der Waals surface area contributed by atoms with E-state index in [2.05, 4.69) is 11.8 Å². The zero-order chi connectivity index (χ0) is 23.4. The van der Waals surface area contributed by atoms with Gasteiger partial charge in [0.05, 0.1) is 37.3 Å². The van der Waals surface area contributed by atoms with E-state index in [-0.39, 0.29) is 0 Å². The van der Waals surface area contributed by atoms with Crippen LogP contribution in [-0.2, 0) is 13.0 Å².